The Morgan fingerprint density at radius 3 is 2.42 bits per heavy atom. The summed E-state index contributed by atoms with van der Waals surface area (Å²) in [6, 6.07) is 0.755. The number of carbonyl (C=O) groups is 1. The molecule has 19 heavy (non-hydrogen) atoms. The van der Waals surface area contributed by atoms with Gasteiger partial charge in [-0.3, -0.25) is 9.59 Å². The van der Waals surface area contributed by atoms with Crippen molar-refractivity contribution < 1.29 is 32.2 Å². The van der Waals surface area contributed by atoms with E-state index in [4.69, 9.17) is 4.74 Å². The molecule has 0 radical (unpaired) electrons. The molecule has 1 rings (SSSR count). The van der Waals surface area contributed by atoms with Gasteiger partial charge in [-0.25, -0.2) is 0 Å². The SMILES string of the molecule is COC(=O)Cc1[nH]c(=O)c(OC(F)(F)F)cc1OC. The van der Waals surface area contributed by atoms with Crippen LogP contribution < -0.4 is 15.0 Å². The second-order valence-electron chi connectivity index (χ2n) is 3.31. The van der Waals surface area contributed by atoms with Gasteiger partial charge in [0.05, 0.1) is 26.3 Å². The fourth-order valence-corrected chi connectivity index (χ4v) is 1.26. The number of rotatable bonds is 4. The minimum absolute atomic E-state index is 0.00567. The monoisotopic (exact) mass is 281 g/mol. The van der Waals surface area contributed by atoms with Crippen LogP contribution in [-0.2, 0) is 16.0 Å². The number of nitrogens with one attached hydrogen (secondary N) is 1. The van der Waals surface area contributed by atoms with E-state index in [9.17, 15) is 22.8 Å². The molecule has 0 bridgehead atoms. The molecule has 0 aliphatic rings. The van der Waals surface area contributed by atoms with Crippen LogP contribution in [0.4, 0.5) is 13.2 Å². The number of H-pyrrole nitrogens is 1. The van der Waals surface area contributed by atoms with Crippen LogP contribution in [0.5, 0.6) is 11.5 Å². The van der Waals surface area contributed by atoms with E-state index in [1.807, 2.05) is 0 Å². The van der Waals surface area contributed by atoms with Gasteiger partial charge in [-0.1, -0.05) is 0 Å². The third-order valence-electron chi connectivity index (χ3n) is 2.04. The first-order valence-corrected chi connectivity index (χ1v) is 4.89. The predicted octanol–water partition coefficient (Wildman–Crippen LogP) is 0.998. The van der Waals surface area contributed by atoms with Crippen LogP contribution in [0.2, 0.25) is 0 Å². The van der Waals surface area contributed by atoms with Gasteiger partial charge in [-0.2, -0.15) is 0 Å². The third kappa shape index (κ3) is 4.19. The minimum atomic E-state index is -5.00. The quantitative estimate of drug-likeness (QED) is 0.833. The van der Waals surface area contributed by atoms with Gasteiger partial charge < -0.3 is 19.2 Å². The van der Waals surface area contributed by atoms with Crippen LogP contribution in [0.1, 0.15) is 5.69 Å². The number of alkyl halides is 3. The molecule has 1 aromatic heterocycles. The molecule has 0 atom stereocenters. The van der Waals surface area contributed by atoms with E-state index in [-0.39, 0.29) is 17.9 Å². The van der Waals surface area contributed by atoms with Gasteiger partial charge in [0, 0.05) is 6.07 Å². The standard InChI is InChI=1S/C10H10F3NO5/c1-17-6-4-7(19-10(11,12)13)9(16)14-5(6)3-8(15)18-2/h4H,3H2,1-2H3,(H,14,16). The zero-order chi connectivity index (χ0) is 14.6. The summed E-state index contributed by atoms with van der Waals surface area (Å²) < 4.78 is 48.8. The first-order valence-electron chi connectivity index (χ1n) is 4.89. The van der Waals surface area contributed by atoms with Crippen LogP contribution in [0.25, 0.3) is 0 Å². The van der Waals surface area contributed by atoms with Crippen molar-refractivity contribution in [1.82, 2.24) is 4.98 Å². The first-order chi connectivity index (χ1) is 8.76. The summed E-state index contributed by atoms with van der Waals surface area (Å²) >= 11 is 0. The lowest BCUT2D eigenvalue weighted by molar-refractivity contribution is -0.275. The zero-order valence-corrected chi connectivity index (χ0v) is 9.96. The Balaban J connectivity index is 3.14. The molecule has 0 fully saturated rings. The van der Waals surface area contributed by atoms with Crippen LogP contribution in [0, 0.1) is 0 Å². The molecule has 0 aliphatic carbocycles. The highest BCUT2D eigenvalue weighted by Crippen LogP contribution is 2.24. The topological polar surface area (TPSA) is 77.6 Å². The lowest BCUT2D eigenvalue weighted by Crippen LogP contribution is -2.24. The highest BCUT2D eigenvalue weighted by molar-refractivity contribution is 5.72. The summed E-state index contributed by atoms with van der Waals surface area (Å²) in [5.74, 6) is -1.78. The Kier molecular flexibility index (Phi) is 4.41. The smallest absolute Gasteiger partial charge is 0.495 e. The van der Waals surface area contributed by atoms with Crippen LogP contribution >= 0.6 is 0 Å². The normalized spacial score (nSPS) is 11.0. The van der Waals surface area contributed by atoms with Crippen molar-refractivity contribution in [1.29, 1.82) is 0 Å². The molecule has 1 heterocycles. The average molecular weight is 281 g/mol. The first kappa shape index (κ1) is 14.9. The van der Waals surface area contributed by atoms with Gasteiger partial charge in [-0.05, 0) is 0 Å². The highest BCUT2D eigenvalue weighted by atomic mass is 19.4. The Hall–Kier alpha value is -2.19. The van der Waals surface area contributed by atoms with E-state index >= 15 is 0 Å². The third-order valence-corrected chi connectivity index (χ3v) is 2.04. The number of ether oxygens (including phenoxy) is 3. The molecule has 0 amide bonds. The Labute approximate surface area is 105 Å². The van der Waals surface area contributed by atoms with Gasteiger partial charge in [0.1, 0.15) is 5.75 Å². The summed E-state index contributed by atoms with van der Waals surface area (Å²) in [7, 11) is 2.31. The fourth-order valence-electron chi connectivity index (χ4n) is 1.26. The molecule has 0 aromatic carbocycles. The molecule has 9 heteroatoms. The van der Waals surface area contributed by atoms with Gasteiger partial charge in [0.2, 0.25) is 0 Å². The van der Waals surface area contributed by atoms with E-state index in [0.717, 1.165) is 13.2 Å². The minimum Gasteiger partial charge on any atom is -0.495 e. The van der Waals surface area contributed by atoms with Gasteiger partial charge in [0.15, 0.2) is 5.75 Å². The number of methoxy groups -OCH3 is 2. The Bertz CT molecular complexity index is 523. The van der Waals surface area contributed by atoms with Crippen molar-refractivity contribution in [3.8, 4) is 11.5 Å². The molecule has 0 aliphatic heterocycles. The largest absolute Gasteiger partial charge is 0.573 e. The summed E-state index contributed by atoms with van der Waals surface area (Å²) in [4.78, 5) is 24.5. The average Bonchev–Trinajstić information content (AvgIpc) is 2.30. The lowest BCUT2D eigenvalue weighted by atomic mass is 10.2. The molecule has 0 unspecified atom stereocenters. The number of hydrogen-bond acceptors (Lipinski definition) is 5. The van der Waals surface area contributed by atoms with E-state index in [0.29, 0.717) is 0 Å². The van der Waals surface area contributed by atoms with E-state index in [2.05, 4.69) is 14.5 Å². The van der Waals surface area contributed by atoms with Crippen molar-refractivity contribution in [2.45, 2.75) is 12.8 Å². The predicted molar refractivity (Wildman–Crippen MR) is 56.0 cm³/mol. The van der Waals surface area contributed by atoms with Crippen LogP contribution in [0.15, 0.2) is 10.9 Å². The molecule has 1 N–H and O–H groups in total. The number of pyridine rings is 1. The summed E-state index contributed by atoms with van der Waals surface area (Å²) in [6.45, 7) is 0. The fraction of sp³-hybridized carbons (Fsp3) is 0.400. The maximum Gasteiger partial charge on any atom is 0.573 e. The number of esters is 1. The number of aromatic amines is 1. The second-order valence-corrected chi connectivity index (χ2v) is 3.31. The second kappa shape index (κ2) is 5.63. The Morgan fingerprint density at radius 2 is 1.95 bits per heavy atom. The molecular formula is C10H10F3NO5. The molecule has 0 saturated carbocycles. The molecular weight excluding hydrogens is 271 g/mol. The summed E-state index contributed by atoms with van der Waals surface area (Å²) in [5.41, 5.74) is -1.13. The number of halogens is 3. The molecule has 0 saturated heterocycles. The summed E-state index contributed by atoms with van der Waals surface area (Å²) in [5, 5.41) is 0. The highest BCUT2D eigenvalue weighted by Gasteiger charge is 2.32. The van der Waals surface area contributed by atoms with Gasteiger partial charge in [0.25, 0.3) is 5.56 Å². The Morgan fingerprint density at radius 1 is 1.32 bits per heavy atom. The van der Waals surface area contributed by atoms with Gasteiger partial charge in [-0.15, -0.1) is 13.2 Å². The summed E-state index contributed by atoms with van der Waals surface area (Å²) in [6.07, 6.45) is -5.34. The van der Waals surface area contributed by atoms with Crippen LogP contribution in [0.3, 0.4) is 0 Å². The molecule has 0 spiro atoms. The maximum atomic E-state index is 12.0. The lowest BCUT2D eigenvalue weighted by Gasteiger charge is -2.11. The van der Waals surface area contributed by atoms with Gasteiger partial charge >= 0.3 is 12.3 Å². The molecule has 6 nitrogen and oxygen atoms in total. The van der Waals surface area contributed by atoms with Crippen molar-refractivity contribution in [3.05, 3.63) is 22.1 Å². The van der Waals surface area contributed by atoms with Crippen molar-refractivity contribution >= 4 is 5.97 Å². The van der Waals surface area contributed by atoms with E-state index in [1.165, 1.54) is 7.11 Å². The number of hydrogen-bond donors (Lipinski definition) is 1. The van der Waals surface area contributed by atoms with Crippen LogP contribution in [-0.4, -0.2) is 31.5 Å². The maximum absolute atomic E-state index is 12.0. The zero-order valence-electron chi connectivity index (χ0n) is 9.96. The van der Waals surface area contributed by atoms with Crippen molar-refractivity contribution in [2.75, 3.05) is 14.2 Å². The number of aromatic nitrogens is 1. The van der Waals surface area contributed by atoms with Crippen molar-refractivity contribution in [3.63, 3.8) is 0 Å². The van der Waals surface area contributed by atoms with E-state index < -0.39 is 23.6 Å². The molecule has 106 valence electrons. The van der Waals surface area contributed by atoms with Crippen molar-refractivity contribution in [2.24, 2.45) is 0 Å². The van der Waals surface area contributed by atoms with E-state index in [1.54, 1.807) is 0 Å². The molecule has 1 aromatic rings. The number of carbonyl (C=O) groups excluding carboxylic acids is 1.